The molecule has 0 spiro atoms. The first-order valence-electron chi connectivity index (χ1n) is 8.53. The van der Waals surface area contributed by atoms with Crippen LogP contribution in [0, 0.1) is 0 Å². The highest BCUT2D eigenvalue weighted by Gasteiger charge is 2.41. The smallest absolute Gasteiger partial charge is 0.455 e. The summed E-state index contributed by atoms with van der Waals surface area (Å²) in [6, 6.07) is 22.0. The number of ketones is 1. The zero-order chi connectivity index (χ0) is 20.0. The van der Waals surface area contributed by atoms with Gasteiger partial charge in [-0.15, -0.1) is 0 Å². The van der Waals surface area contributed by atoms with Crippen molar-refractivity contribution in [1.29, 1.82) is 0 Å². The van der Waals surface area contributed by atoms with Crippen molar-refractivity contribution in [3.8, 4) is 11.5 Å². The number of hydrogen-bond acceptors (Lipinski definition) is 3. The molecule has 0 atom stereocenters. The van der Waals surface area contributed by atoms with E-state index in [2.05, 4.69) is 0 Å². The lowest BCUT2D eigenvalue weighted by atomic mass is 10.1. The molecule has 28 heavy (non-hydrogen) atoms. The fourth-order valence-corrected chi connectivity index (χ4v) is 2.57. The monoisotopic (exact) mass is 386 g/mol. The largest absolute Gasteiger partial charge is 0.485 e. The van der Waals surface area contributed by atoms with Gasteiger partial charge in [0.2, 0.25) is 0 Å². The van der Waals surface area contributed by atoms with Crippen molar-refractivity contribution >= 4 is 5.78 Å². The summed E-state index contributed by atoms with van der Waals surface area (Å²) in [5, 5.41) is 0. The Morgan fingerprint density at radius 2 is 1.25 bits per heavy atom. The van der Waals surface area contributed by atoms with Crippen LogP contribution in [0.1, 0.15) is 21.5 Å². The van der Waals surface area contributed by atoms with Crippen LogP contribution in [0.5, 0.6) is 11.5 Å². The summed E-state index contributed by atoms with van der Waals surface area (Å²) in [6.45, 7) is 0.136. The molecule has 0 bridgehead atoms. The first-order valence-corrected chi connectivity index (χ1v) is 8.53. The summed E-state index contributed by atoms with van der Waals surface area (Å²) in [5.41, 5.74) is 1.02. The van der Waals surface area contributed by atoms with E-state index >= 15 is 0 Å². The van der Waals surface area contributed by atoms with Gasteiger partial charge >= 0.3 is 6.18 Å². The standard InChI is InChI=1S/C22H17F3O3/c23-22(24,25)21(26)18-12-7-13-19(27-14-16-8-3-1-4-9-16)20(18)28-15-17-10-5-2-6-11-17/h1-13H,14-15H2. The summed E-state index contributed by atoms with van der Waals surface area (Å²) < 4.78 is 50.3. The molecule has 3 nitrogen and oxygen atoms in total. The summed E-state index contributed by atoms with van der Waals surface area (Å²) in [5.74, 6) is -2.11. The Kier molecular flexibility index (Phi) is 5.99. The molecule has 0 radical (unpaired) electrons. The topological polar surface area (TPSA) is 35.5 Å². The third-order valence-electron chi connectivity index (χ3n) is 3.94. The molecule has 3 aromatic carbocycles. The highest BCUT2D eigenvalue weighted by molar-refractivity contribution is 6.03. The number of hydrogen-bond donors (Lipinski definition) is 0. The number of benzene rings is 3. The summed E-state index contributed by atoms with van der Waals surface area (Å²) in [7, 11) is 0. The van der Waals surface area contributed by atoms with E-state index in [1.165, 1.54) is 12.1 Å². The van der Waals surface area contributed by atoms with Crippen molar-refractivity contribution in [1.82, 2.24) is 0 Å². The second-order valence-corrected chi connectivity index (χ2v) is 6.01. The number of rotatable bonds is 7. The zero-order valence-corrected chi connectivity index (χ0v) is 14.8. The summed E-state index contributed by atoms with van der Waals surface area (Å²) in [6.07, 6.45) is -5.01. The Hall–Kier alpha value is -3.28. The predicted molar refractivity (Wildman–Crippen MR) is 98.4 cm³/mol. The summed E-state index contributed by atoms with van der Waals surface area (Å²) in [4.78, 5) is 11.9. The van der Waals surface area contributed by atoms with Gasteiger partial charge < -0.3 is 9.47 Å². The van der Waals surface area contributed by atoms with E-state index in [0.717, 1.165) is 17.2 Å². The number of para-hydroxylation sites is 1. The molecule has 0 saturated carbocycles. The maximum absolute atomic E-state index is 13.0. The lowest BCUT2D eigenvalue weighted by Crippen LogP contribution is -2.23. The molecule has 0 N–H and O–H groups in total. The SMILES string of the molecule is O=C(c1cccc(OCc2ccccc2)c1OCc1ccccc1)C(F)(F)F. The first-order chi connectivity index (χ1) is 13.4. The van der Waals surface area contributed by atoms with Crippen LogP contribution in [0.2, 0.25) is 0 Å². The Bertz CT molecular complexity index is 923. The van der Waals surface area contributed by atoms with Gasteiger partial charge in [0.15, 0.2) is 11.5 Å². The van der Waals surface area contributed by atoms with Crippen molar-refractivity contribution in [3.05, 3.63) is 95.6 Å². The van der Waals surface area contributed by atoms with E-state index in [9.17, 15) is 18.0 Å². The van der Waals surface area contributed by atoms with Gasteiger partial charge in [-0.05, 0) is 23.3 Å². The second kappa shape index (κ2) is 8.61. The highest BCUT2D eigenvalue weighted by Crippen LogP contribution is 2.36. The van der Waals surface area contributed by atoms with Gasteiger partial charge in [-0.2, -0.15) is 13.2 Å². The molecule has 0 aromatic heterocycles. The van der Waals surface area contributed by atoms with Crippen molar-refractivity contribution in [2.24, 2.45) is 0 Å². The minimum atomic E-state index is -5.01. The third-order valence-corrected chi connectivity index (χ3v) is 3.94. The fourth-order valence-electron chi connectivity index (χ4n) is 2.57. The lowest BCUT2D eigenvalue weighted by Gasteiger charge is -2.17. The summed E-state index contributed by atoms with van der Waals surface area (Å²) >= 11 is 0. The quantitative estimate of drug-likeness (QED) is 0.497. The maximum atomic E-state index is 13.0. The number of halogens is 3. The van der Waals surface area contributed by atoms with E-state index in [1.807, 2.05) is 36.4 Å². The number of ether oxygens (including phenoxy) is 2. The molecule has 0 amide bonds. The van der Waals surface area contributed by atoms with Crippen molar-refractivity contribution in [2.45, 2.75) is 19.4 Å². The fraction of sp³-hybridized carbons (Fsp3) is 0.136. The average Bonchev–Trinajstić information content (AvgIpc) is 2.71. The minimum Gasteiger partial charge on any atom is -0.485 e. The van der Waals surface area contributed by atoms with Crippen molar-refractivity contribution in [3.63, 3.8) is 0 Å². The van der Waals surface area contributed by atoms with Crippen LogP contribution < -0.4 is 9.47 Å². The number of Topliss-reactive ketones (excluding diaryl/α,β-unsaturated/α-hetero) is 1. The lowest BCUT2D eigenvalue weighted by molar-refractivity contribution is -0.0887. The molecule has 3 rings (SSSR count). The Morgan fingerprint density at radius 3 is 1.79 bits per heavy atom. The molecular weight excluding hydrogens is 369 g/mol. The van der Waals surface area contributed by atoms with Crippen LogP contribution in [0.3, 0.4) is 0 Å². The van der Waals surface area contributed by atoms with Gasteiger partial charge in [0.25, 0.3) is 5.78 Å². The van der Waals surface area contributed by atoms with Crippen molar-refractivity contribution < 1.29 is 27.4 Å². The van der Waals surface area contributed by atoms with E-state index in [-0.39, 0.29) is 24.7 Å². The van der Waals surface area contributed by atoms with E-state index in [1.54, 1.807) is 24.3 Å². The molecule has 3 aromatic rings. The van der Waals surface area contributed by atoms with Crippen LogP contribution in [0.4, 0.5) is 13.2 Å². The Labute approximate surface area is 160 Å². The van der Waals surface area contributed by atoms with Gasteiger partial charge in [-0.25, -0.2) is 0 Å². The molecule has 144 valence electrons. The predicted octanol–water partition coefficient (Wildman–Crippen LogP) is 5.59. The van der Waals surface area contributed by atoms with Crippen LogP contribution in [0.15, 0.2) is 78.9 Å². The van der Waals surface area contributed by atoms with Crippen LogP contribution >= 0.6 is 0 Å². The number of alkyl halides is 3. The molecule has 0 aliphatic carbocycles. The zero-order valence-electron chi connectivity index (χ0n) is 14.8. The number of carbonyl (C=O) groups is 1. The van der Waals surface area contributed by atoms with Crippen LogP contribution in [0.25, 0.3) is 0 Å². The molecule has 0 fully saturated rings. The average molecular weight is 386 g/mol. The third kappa shape index (κ3) is 4.91. The van der Waals surface area contributed by atoms with Gasteiger partial charge in [0.1, 0.15) is 13.2 Å². The normalized spacial score (nSPS) is 11.1. The highest BCUT2D eigenvalue weighted by atomic mass is 19.4. The maximum Gasteiger partial charge on any atom is 0.455 e. The first kappa shape index (κ1) is 19.5. The molecule has 6 heteroatoms. The van der Waals surface area contributed by atoms with Gasteiger partial charge in [-0.3, -0.25) is 4.79 Å². The molecule has 0 saturated heterocycles. The van der Waals surface area contributed by atoms with E-state index in [0.29, 0.717) is 0 Å². The van der Waals surface area contributed by atoms with Crippen LogP contribution in [-0.4, -0.2) is 12.0 Å². The van der Waals surface area contributed by atoms with Crippen LogP contribution in [-0.2, 0) is 13.2 Å². The molecular formula is C22H17F3O3. The Balaban J connectivity index is 1.89. The van der Waals surface area contributed by atoms with Gasteiger partial charge in [0.05, 0.1) is 5.56 Å². The van der Waals surface area contributed by atoms with E-state index < -0.39 is 17.5 Å². The molecule has 0 aliphatic heterocycles. The van der Waals surface area contributed by atoms with Gasteiger partial charge in [0, 0.05) is 0 Å². The van der Waals surface area contributed by atoms with Crippen molar-refractivity contribution in [2.75, 3.05) is 0 Å². The Morgan fingerprint density at radius 1 is 0.714 bits per heavy atom. The van der Waals surface area contributed by atoms with E-state index in [4.69, 9.17) is 9.47 Å². The van der Waals surface area contributed by atoms with Gasteiger partial charge in [-0.1, -0.05) is 66.7 Å². The molecule has 0 heterocycles. The second-order valence-electron chi connectivity index (χ2n) is 6.01. The molecule has 0 unspecified atom stereocenters. The minimum absolute atomic E-state index is 0.00465. The number of carbonyl (C=O) groups excluding carboxylic acids is 1. The molecule has 0 aliphatic rings.